The number of anilines is 1. The van der Waals surface area contributed by atoms with E-state index >= 15 is 0 Å². The molecule has 0 spiro atoms. The van der Waals surface area contributed by atoms with Gasteiger partial charge in [0.1, 0.15) is 0 Å². The molecule has 2 aromatic carbocycles. The number of esters is 2. The van der Waals surface area contributed by atoms with Crippen LogP contribution in [0.4, 0.5) is 11.4 Å². The molecule has 2 rings (SSSR count). The number of nitrogens with zero attached hydrogens (tertiary/aromatic N) is 1. The summed E-state index contributed by atoms with van der Waals surface area (Å²) in [5.41, 5.74) is -0.388. The second kappa shape index (κ2) is 9.78. The maximum Gasteiger partial charge on any atom is 0.339 e. The molecule has 10 heteroatoms. The number of rotatable bonds is 7. The van der Waals surface area contributed by atoms with Crippen LogP contribution in [-0.2, 0) is 14.3 Å². The normalized spacial score (nSPS) is 11.3. The Labute approximate surface area is 174 Å². The van der Waals surface area contributed by atoms with Crippen molar-refractivity contribution < 1.29 is 28.8 Å². The van der Waals surface area contributed by atoms with Gasteiger partial charge >= 0.3 is 11.9 Å². The molecule has 0 aliphatic carbocycles. The summed E-state index contributed by atoms with van der Waals surface area (Å²) < 4.78 is 10.7. The number of amides is 1. The standard InChI is InChI=1S/C19H17BrN2O7/c1-3-28-18(24)12-8-13(10-16(9-12)22(26)27)19(25)29-11(2)17(23)21-15-6-4-14(20)5-7-15/h4-11H,3H2,1-2H3,(H,21,23). The third-order valence-electron chi connectivity index (χ3n) is 3.64. The van der Waals surface area contributed by atoms with Crippen molar-refractivity contribution in [1.82, 2.24) is 0 Å². The number of hydrogen-bond donors (Lipinski definition) is 1. The van der Waals surface area contributed by atoms with Gasteiger partial charge in [-0.2, -0.15) is 0 Å². The molecule has 1 atom stereocenters. The van der Waals surface area contributed by atoms with Crippen LogP contribution in [0.5, 0.6) is 0 Å². The van der Waals surface area contributed by atoms with Crippen LogP contribution in [0, 0.1) is 10.1 Å². The maximum absolute atomic E-state index is 12.4. The molecule has 1 unspecified atom stereocenters. The minimum Gasteiger partial charge on any atom is -0.462 e. The fraction of sp³-hybridized carbons (Fsp3) is 0.211. The largest absolute Gasteiger partial charge is 0.462 e. The maximum atomic E-state index is 12.4. The predicted molar refractivity (Wildman–Crippen MR) is 107 cm³/mol. The van der Waals surface area contributed by atoms with E-state index in [0.717, 1.165) is 22.7 Å². The fourth-order valence-corrected chi connectivity index (χ4v) is 2.49. The van der Waals surface area contributed by atoms with E-state index in [0.29, 0.717) is 5.69 Å². The van der Waals surface area contributed by atoms with Gasteiger partial charge in [-0.1, -0.05) is 15.9 Å². The van der Waals surface area contributed by atoms with Crippen molar-refractivity contribution in [3.05, 3.63) is 68.2 Å². The van der Waals surface area contributed by atoms with Crippen LogP contribution in [0.15, 0.2) is 46.9 Å². The van der Waals surface area contributed by atoms with Crippen LogP contribution in [0.2, 0.25) is 0 Å². The van der Waals surface area contributed by atoms with Gasteiger partial charge in [-0.05, 0) is 44.2 Å². The number of benzene rings is 2. The Morgan fingerprint density at radius 2 is 1.69 bits per heavy atom. The third-order valence-corrected chi connectivity index (χ3v) is 4.17. The first-order valence-electron chi connectivity index (χ1n) is 8.45. The first-order chi connectivity index (χ1) is 13.7. The van der Waals surface area contributed by atoms with Crippen molar-refractivity contribution in [1.29, 1.82) is 0 Å². The summed E-state index contributed by atoms with van der Waals surface area (Å²) in [4.78, 5) is 46.8. The number of nitro groups is 1. The zero-order valence-electron chi connectivity index (χ0n) is 15.5. The highest BCUT2D eigenvalue weighted by Crippen LogP contribution is 2.20. The van der Waals surface area contributed by atoms with Crippen LogP contribution >= 0.6 is 15.9 Å². The Morgan fingerprint density at radius 3 is 2.24 bits per heavy atom. The van der Waals surface area contributed by atoms with Gasteiger partial charge in [-0.3, -0.25) is 14.9 Å². The summed E-state index contributed by atoms with van der Waals surface area (Å²) in [5, 5.41) is 13.7. The number of non-ortho nitro benzene ring substituents is 1. The van der Waals surface area contributed by atoms with E-state index in [1.54, 1.807) is 31.2 Å². The van der Waals surface area contributed by atoms with E-state index in [9.17, 15) is 24.5 Å². The first kappa shape index (κ1) is 22.0. The van der Waals surface area contributed by atoms with Crippen molar-refractivity contribution in [2.75, 3.05) is 11.9 Å². The lowest BCUT2D eigenvalue weighted by Gasteiger charge is -2.14. The van der Waals surface area contributed by atoms with Crippen molar-refractivity contribution >= 4 is 45.2 Å². The Bertz CT molecular complexity index is 944. The van der Waals surface area contributed by atoms with Crippen molar-refractivity contribution in [3.8, 4) is 0 Å². The van der Waals surface area contributed by atoms with Gasteiger partial charge in [0.05, 0.1) is 22.7 Å². The second-order valence-corrected chi connectivity index (χ2v) is 6.71. The lowest BCUT2D eigenvalue weighted by Crippen LogP contribution is -2.30. The minimum atomic E-state index is -1.18. The first-order valence-corrected chi connectivity index (χ1v) is 9.24. The summed E-state index contributed by atoms with van der Waals surface area (Å²) in [5.74, 6) is -2.39. The van der Waals surface area contributed by atoms with Crippen molar-refractivity contribution in [2.24, 2.45) is 0 Å². The highest BCUT2D eigenvalue weighted by Gasteiger charge is 2.23. The molecule has 0 saturated carbocycles. The zero-order chi connectivity index (χ0) is 21.6. The molecule has 0 aromatic heterocycles. The molecule has 0 aliphatic heterocycles. The zero-order valence-corrected chi connectivity index (χ0v) is 17.1. The van der Waals surface area contributed by atoms with Crippen LogP contribution in [0.3, 0.4) is 0 Å². The summed E-state index contributed by atoms with van der Waals surface area (Å²) in [6.07, 6.45) is -1.18. The SMILES string of the molecule is CCOC(=O)c1cc(C(=O)OC(C)C(=O)Nc2ccc(Br)cc2)cc([N+](=O)[O-])c1. The molecule has 29 heavy (non-hydrogen) atoms. The highest BCUT2D eigenvalue weighted by atomic mass is 79.9. The van der Waals surface area contributed by atoms with E-state index in [1.165, 1.54) is 6.92 Å². The second-order valence-electron chi connectivity index (χ2n) is 5.79. The minimum absolute atomic E-state index is 0.0641. The summed E-state index contributed by atoms with van der Waals surface area (Å²) in [7, 11) is 0. The Morgan fingerprint density at radius 1 is 1.10 bits per heavy atom. The number of carbonyl (C=O) groups is 3. The summed E-state index contributed by atoms with van der Waals surface area (Å²) in [6, 6.07) is 9.85. The van der Waals surface area contributed by atoms with E-state index < -0.39 is 34.6 Å². The third kappa shape index (κ3) is 6.11. The van der Waals surface area contributed by atoms with Crippen molar-refractivity contribution in [2.45, 2.75) is 20.0 Å². The van der Waals surface area contributed by atoms with E-state index in [-0.39, 0.29) is 17.7 Å². The average molecular weight is 465 g/mol. The Kier molecular flexibility index (Phi) is 7.43. The molecule has 1 N–H and O–H groups in total. The number of nitrogens with one attached hydrogen (secondary N) is 1. The number of nitro benzene ring substituents is 1. The molecule has 9 nitrogen and oxygen atoms in total. The molecule has 152 valence electrons. The van der Waals surface area contributed by atoms with Gasteiger partial charge in [0.25, 0.3) is 11.6 Å². The summed E-state index contributed by atoms with van der Waals surface area (Å²) >= 11 is 3.28. The van der Waals surface area contributed by atoms with Crippen LogP contribution < -0.4 is 5.32 Å². The molecule has 0 saturated heterocycles. The van der Waals surface area contributed by atoms with Gasteiger partial charge in [-0.15, -0.1) is 0 Å². The van der Waals surface area contributed by atoms with Crippen LogP contribution in [-0.4, -0.2) is 35.5 Å². The molecule has 0 fully saturated rings. The van der Waals surface area contributed by atoms with Gasteiger partial charge < -0.3 is 14.8 Å². The molecule has 0 radical (unpaired) electrons. The Hall–Kier alpha value is -3.27. The van der Waals surface area contributed by atoms with Gasteiger partial charge in [-0.25, -0.2) is 9.59 Å². The number of carbonyl (C=O) groups excluding carboxylic acids is 3. The molecule has 0 heterocycles. The van der Waals surface area contributed by atoms with Gasteiger partial charge in [0, 0.05) is 22.3 Å². The molecule has 2 aromatic rings. The molecular formula is C19H17BrN2O7. The summed E-state index contributed by atoms with van der Waals surface area (Å²) in [6.45, 7) is 3.00. The molecule has 0 aliphatic rings. The smallest absolute Gasteiger partial charge is 0.339 e. The van der Waals surface area contributed by atoms with Gasteiger partial charge in [0.2, 0.25) is 0 Å². The fourth-order valence-electron chi connectivity index (χ4n) is 2.23. The number of hydrogen-bond acceptors (Lipinski definition) is 7. The van der Waals surface area contributed by atoms with E-state index in [1.807, 2.05) is 0 Å². The van der Waals surface area contributed by atoms with E-state index in [4.69, 9.17) is 9.47 Å². The lowest BCUT2D eigenvalue weighted by molar-refractivity contribution is -0.384. The van der Waals surface area contributed by atoms with Crippen molar-refractivity contribution in [3.63, 3.8) is 0 Å². The molecule has 0 bridgehead atoms. The topological polar surface area (TPSA) is 125 Å². The van der Waals surface area contributed by atoms with Gasteiger partial charge in [0.15, 0.2) is 6.10 Å². The molecular weight excluding hydrogens is 448 g/mol. The average Bonchev–Trinajstić information content (AvgIpc) is 2.69. The van der Waals surface area contributed by atoms with E-state index in [2.05, 4.69) is 21.2 Å². The van der Waals surface area contributed by atoms with Crippen LogP contribution in [0.1, 0.15) is 34.6 Å². The van der Waals surface area contributed by atoms with Crippen LogP contribution in [0.25, 0.3) is 0 Å². The predicted octanol–water partition coefficient (Wildman–Crippen LogP) is 3.72. The number of halogens is 1. The monoisotopic (exact) mass is 464 g/mol. The molecule has 1 amide bonds. The quantitative estimate of drug-likeness (QED) is 0.375. The highest BCUT2D eigenvalue weighted by molar-refractivity contribution is 9.10. The Balaban J connectivity index is 2.15. The lowest BCUT2D eigenvalue weighted by atomic mass is 10.1. The number of ether oxygens (including phenoxy) is 2.